The van der Waals surface area contributed by atoms with Crippen LogP contribution in [0.4, 0.5) is 0 Å². The van der Waals surface area contributed by atoms with Crippen LogP contribution in [0.3, 0.4) is 0 Å². The van der Waals surface area contributed by atoms with Gasteiger partial charge in [-0.15, -0.1) is 0 Å². The summed E-state index contributed by atoms with van der Waals surface area (Å²) in [5.74, 6) is 0. The van der Waals surface area contributed by atoms with E-state index in [9.17, 15) is 0 Å². The van der Waals surface area contributed by atoms with E-state index in [0.717, 1.165) is 0 Å². The van der Waals surface area contributed by atoms with E-state index in [1.54, 1.807) is 0 Å². The van der Waals surface area contributed by atoms with E-state index >= 15 is 0 Å². The Labute approximate surface area is 151 Å². The fraction of sp³-hybridized carbons (Fsp3) is 0.905. The van der Waals surface area contributed by atoms with Gasteiger partial charge in [0.2, 0.25) is 0 Å². The van der Waals surface area contributed by atoms with Gasteiger partial charge in [-0.3, -0.25) is 0 Å². The van der Waals surface area contributed by atoms with Gasteiger partial charge in [0.05, 0.1) is 12.3 Å². The highest BCUT2D eigenvalue weighted by atomic mass is 15.3. The second-order valence-electron chi connectivity index (χ2n) is 7.57. The maximum atomic E-state index is 5.97. The standard InChI is InChI=1S/C21H43N3/c1-3-4-5-6-7-8-9-10-11-12-13-14-15-16-17-21-23-18-19-24(21)20(2)22/h18-21,23H,3-17,22H2,1-2H3. The number of hydrogen-bond donors (Lipinski definition) is 2. The van der Waals surface area contributed by atoms with Crippen LogP contribution >= 0.6 is 0 Å². The number of nitrogens with zero attached hydrogens (tertiary/aromatic N) is 1. The van der Waals surface area contributed by atoms with Gasteiger partial charge in [0.1, 0.15) is 0 Å². The summed E-state index contributed by atoms with van der Waals surface area (Å²) < 4.78 is 0. The van der Waals surface area contributed by atoms with Crippen LogP contribution in [0.25, 0.3) is 0 Å². The van der Waals surface area contributed by atoms with E-state index in [1.165, 1.54) is 96.3 Å². The fourth-order valence-corrected chi connectivity index (χ4v) is 3.61. The van der Waals surface area contributed by atoms with E-state index in [0.29, 0.717) is 6.17 Å². The Morgan fingerprint density at radius 3 is 1.75 bits per heavy atom. The predicted octanol–water partition coefficient (Wildman–Crippen LogP) is 5.87. The van der Waals surface area contributed by atoms with Crippen LogP contribution < -0.4 is 11.1 Å². The maximum absolute atomic E-state index is 5.97. The minimum Gasteiger partial charge on any atom is -0.370 e. The zero-order valence-electron chi connectivity index (χ0n) is 16.4. The van der Waals surface area contributed by atoms with E-state index in [-0.39, 0.29) is 6.17 Å². The van der Waals surface area contributed by atoms with Crippen molar-refractivity contribution < 1.29 is 0 Å². The predicted molar refractivity (Wildman–Crippen MR) is 106 cm³/mol. The van der Waals surface area contributed by atoms with Crippen molar-refractivity contribution in [1.29, 1.82) is 0 Å². The first-order chi connectivity index (χ1) is 11.8. The Morgan fingerprint density at radius 1 is 0.833 bits per heavy atom. The van der Waals surface area contributed by atoms with Crippen molar-refractivity contribution >= 4 is 0 Å². The van der Waals surface area contributed by atoms with Crippen molar-refractivity contribution in [3.8, 4) is 0 Å². The molecular weight excluding hydrogens is 294 g/mol. The molecule has 0 radical (unpaired) electrons. The highest BCUT2D eigenvalue weighted by Crippen LogP contribution is 2.16. The number of nitrogens with one attached hydrogen (secondary N) is 1. The monoisotopic (exact) mass is 337 g/mol. The Hall–Kier alpha value is -0.700. The number of rotatable bonds is 16. The van der Waals surface area contributed by atoms with Crippen molar-refractivity contribution in [2.45, 2.75) is 122 Å². The molecule has 0 fully saturated rings. The maximum Gasteiger partial charge on any atom is 0.0995 e. The molecular formula is C21H43N3. The van der Waals surface area contributed by atoms with E-state index in [2.05, 4.69) is 30.3 Å². The molecule has 1 aliphatic rings. The van der Waals surface area contributed by atoms with Crippen molar-refractivity contribution in [2.75, 3.05) is 0 Å². The molecule has 0 saturated carbocycles. The Bertz CT molecular complexity index is 301. The molecule has 142 valence electrons. The van der Waals surface area contributed by atoms with Crippen molar-refractivity contribution in [3.63, 3.8) is 0 Å². The molecule has 0 aliphatic carbocycles. The lowest BCUT2D eigenvalue weighted by Crippen LogP contribution is -2.44. The summed E-state index contributed by atoms with van der Waals surface area (Å²) in [4.78, 5) is 2.22. The van der Waals surface area contributed by atoms with Crippen molar-refractivity contribution in [1.82, 2.24) is 10.2 Å². The normalized spacial score (nSPS) is 18.1. The van der Waals surface area contributed by atoms with E-state index in [1.807, 2.05) is 6.20 Å². The second kappa shape index (κ2) is 14.6. The molecule has 0 aromatic rings. The Morgan fingerprint density at radius 2 is 1.29 bits per heavy atom. The van der Waals surface area contributed by atoms with Gasteiger partial charge in [0.15, 0.2) is 0 Å². The molecule has 1 rings (SSSR count). The highest BCUT2D eigenvalue weighted by molar-refractivity contribution is 4.95. The average Bonchev–Trinajstić information content (AvgIpc) is 3.04. The second-order valence-corrected chi connectivity index (χ2v) is 7.57. The van der Waals surface area contributed by atoms with Crippen LogP contribution in [0.1, 0.15) is 110 Å². The minimum atomic E-state index is 0.105. The lowest BCUT2D eigenvalue weighted by atomic mass is 10.0. The number of hydrogen-bond acceptors (Lipinski definition) is 3. The molecule has 0 aromatic carbocycles. The van der Waals surface area contributed by atoms with Crippen LogP contribution in [0.5, 0.6) is 0 Å². The first-order valence-corrected chi connectivity index (χ1v) is 10.7. The van der Waals surface area contributed by atoms with E-state index < -0.39 is 0 Å². The van der Waals surface area contributed by atoms with Crippen LogP contribution in [0.15, 0.2) is 12.4 Å². The lowest BCUT2D eigenvalue weighted by Gasteiger charge is -2.28. The summed E-state index contributed by atoms with van der Waals surface area (Å²) in [7, 11) is 0. The van der Waals surface area contributed by atoms with Gasteiger partial charge in [0.25, 0.3) is 0 Å². The number of unbranched alkanes of at least 4 members (excludes halogenated alkanes) is 13. The lowest BCUT2D eigenvalue weighted by molar-refractivity contribution is 0.208. The molecule has 0 spiro atoms. The molecule has 2 unspecified atom stereocenters. The quantitative estimate of drug-likeness (QED) is 0.346. The topological polar surface area (TPSA) is 41.3 Å². The smallest absolute Gasteiger partial charge is 0.0995 e. The highest BCUT2D eigenvalue weighted by Gasteiger charge is 2.20. The third kappa shape index (κ3) is 10.2. The van der Waals surface area contributed by atoms with E-state index in [4.69, 9.17) is 5.73 Å². The first kappa shape index (κ1) is 21.3. The van der Waals surface area contributed by atoms with Crippen LogP contribution in [0.2, 0.25) is 0 Å². The number of nitrogens with two attached hydrogens (primary N) is 1. The van der Waals surface area contributed by atoms with Crippen LogP contribution in [-0.4, -0.2) is 17.2 Å². The van der Waals surface area contributed by atoms with Gasteiger partial charge in [0, 0.05) is 12.4 Å². The fourth-order valence-electron chi connectivity index (χ4n) is 3.61. The van der Waals surface area contributed by atoms with Crippen LogP contribution in [-0.2, 0) is 0 Å². The van der Waals surface area contributed by atoms with Gasteiger partial charge < -0.3 is 16.0 Å². The summed E-state index contributed by atoms with van der Waals surface area (Å²) in [5.41, 5.74) is 5.97. The molecule has 1 heterocycles. The summed E-state index contributed by atoms with van der Waals surface area (Å²) in [6.45, 7) is 4.34. The molecule has 0 aromatic heterocycles. The van der Waals surface area contributed by atoms with Gasteiger partial charge >= 0.3 is 0 Å². The summed E-state index contributed by atoms with van der Waals surface area (Å²) in [5, 5.41) is 3.40. The molecule has 3 nitrogen and oxygen atoms in total. The van der Waals surface area contributed by atoms with Gasteiger partial charge in [-0.05, 0) is 19.8 Å². The molecule has 1 aliphatic heterocycles. The molecule has 2 atom stereocenters. The van der Waals surface area contributed by atoms with Crippen molar-refractivity contribution in [2.24, 2.45) is 5.73 Å². The summed E-state index contributed by atoms with van der Waals surface area (Å²) in [6.07, 6.45) is 25.7. The average molecular weight is 338 g/mol. The Balaban J connectivity index is 1.78. The molecule has 3 N–H and O–H groups in total. The Kier molecular flexibility index (Phi) is 13.0. The first-order valence-electron chi connectivity index (χ1n) is 10.7. The molecule has 0 bridgehead atoms. The summed E-state index contributed by atoms with van der Waals surface area (Å²) >= 11 is 0. The minimum absolute atomic E-state index is 0.105. The molecule has 0 amide bonds. The molecule has 0 saturated heterocycles. The third-order valence-electron chi connectivity index (χ3n) is 5.20. The van der Waals surface area contributed by atoms with Gasteiger partial charge in [-0.1, -0.05) is 90.4 Å². The molecule has 24 heavy (non-hydrogen) atoms. The van der Waals surface area contributed by atoms with Crippen molar-refractivity contribution in [3.05, 3.63) is 12.4 Å². The SMILES string of the molecule is CCCCCCCCCCCCCCCCC1NC=CN1C(C)N. The van der Waals surface area contributed by atoms with Gasteiger partial charge in [-0.2, -0.15) is 0 Å². The largest absolute Gasteiger partial charge is 0.370 e. The summed E-state index contributed by atoms with van der Waals surface area (Å²) in [6, 6.07) is 0. The molecule has 3 heteroatoms. The van der Waals surface area contributed by atoms with Crippen LogP contribution in [0, 0.1) is 0 Å². The third-order valence-corrected chi connectivity index (χ3v) is 5.20. The zero-order chi connectivity index (χ0) is 17.5. The zero-order valence-corrected chi connectivity index (χ0v) is 16.4. The van der Waals surface area contributed by atoms with Gasteiger partial charge in [-0.25, -0.2) is 0 Å².